The molecule has 0 fully saturated rings. The molecule has 0 radical (unpaired) electrons. The zero-order valence-electron chi connectivity index (χ0n) is 15.7. The Labute approximate surface area is 142 Å². The van der Waals surface area contributed by atoms with E-state index in [2.05, 4.69) is 48.5 Å². The maximum Gasteiger partial charge on any atom is 0.750 e. The lowest BCUT2D eigenvalue weighted by atomic mass is 9.80. The predicted molar refractivity (Wildman–Crippen MR) is 97.6 cm³/mol. The highest BCUT2D eigenvalue weighted by atomic mass is 31.1. The van der Waals surface area contributed by atoms with Gasteiger partial charge in [0.05, 0.1) is 0 Å². The number of hydrogen-bond acceptors (Lipinski definition) is 3. The monoisotopic (exact) mass is 339 g/mol. The summed E-state index contributed by atoms with van der Waals surface area (Å²) < 4.78 is 23.4. The van der Waals surface area contributed by atoms with Crippen molar-refractivity contribution in [1.29, 1.82) is 0 Å². The summed E-state index contributed by atoms with van der Waals surface area (Å²) in [5.74, 6) is 0.712. The number of hydrogen-bond donors (Lipinski definition) is 0. The van der Waals surface area contributed by atoms with Gasteiger partial charge in [0, 0.05) is 15.7 Å². The third-order valence-electron chi connectivity index (χ3n) is 3.74. The van der Waals surface area contributed by atoms with Crippen LogP contribution in [0.25, 0.3) is 0 Å². The number of para-hydroxylation sites is 1. The van der Waals surface area contributed by atoms with Gasteiger partial charge in [-0.15, -0.1) is 4.52 Å². The number of benzene rings is 1. The lowest BCUT2D eigenvalue weighted by Crippen LogP contribution is -2.18. The van der Waals surface area contributed by atoms with Gasteiger partial charge in [-0.2, -0.15) is 0 Å². The van der Waals surface area contributed by atoms with Crippen molar-refractivity contribution in [3.8, 4) is 5.75 Å². The summed E-state index contributed by atoms with van der Waals surface area (Å²) in [6.45, 7) is 15.4. The van der Waals surface area contributed by atoms with Gasteiger partial charge in [-0.1, -0.05) is 79.5 Å². The van der Waals surface area contributed by atoms with E-state index in [1.54, 1.807) is 0 Å². The molecule has 1 aromatic rings. The van der Waals surface area contributed by atoms with Crippen LogP contribution in [0.5, 0.6) is 5.75 Å². The lowest BCUT2D eigenvalue weighted by Gasteiger charge is -2.26. The normalized spacial score (nSPS) is 13.1. The molecule has 130 valence electrons. The largest absolute Gasteiger partial charge is 0.750 e. The van der Waals surface area contributed by atoms with E-state index in [1.807, 2.05) is 18.2 Å². The van der Waals surface area contributed by atoms with E-state index >= 15 is 0 Å². The van der Waals surface area contributed by atoms with Crippen molar-refractivity contribution < 1.29 is 13.6 Å². The van der Waals surface area contributed by atoms with Crippen LogP contribution in [-0.2, 0) is 19.9 Å². The molecule has 4 heteroatoms. The van der Waals surface area contributed by atoms with Gasteiger partial charge in [0.15, 0.2) is 5.75 Å². The molecule has 0 aliphatic heterocycles. The highest BCUT2D eigenvalue weighted by molar-refractivity contribution is 7.33. The van der Waals surface area contributed by atoms with Gasteiger partial charge in [-0.05, 0) is 17.3 Å². The lowest BCUT2D eigenvalue weighted by molar-refractivity contribution is 0.276. The van der Waals surface area contributed by atoms with Crippen LogP contribution in [-0.4, -0.2) is 6.61 Å². The van der Waals surface area contributed by atoms with Crippen molar-refractivity contribution in [2.45, 2.75) is 78.6 Å². The quantitative estimate of drug-likeness (QED) is 0.419. The minimum atomic E-state index is -2.15. The molecule has 0 aliphatic carbocycles. The molecule has 0 saturated heterocycles. The fraction of sp³-hybridized carbons (Fsp3) is 0.684. The highest BCUT2D eigenvalue weighted by Crippen LogP contribution is 2.43. The van der Waals surface area contributed by atoms with E-state index in [0.717, 1.165) is 30.4 Å². The Morgan fingerprint density at radius 3 is 1.91 bits per heavy atom. The maximum atomic E-state index is 12.2. The zero-order valence-corrected chi connectivity index (χ0v) is 16.6. The fourth-order valence-corrected chi connectivity index (χ4v) is 3.09. The SMILES string of the molecule is CCCCCO[P+](=O)Oc1c(C(C)(C)C)cccc1C(C)(C)C. The van der Waals surface area contributed by atoms with Crippen molar-refractivity contribution in [3.63, 3.8) is 0 Å². The first kappa shape index (κ1) is 20.1. The van der Waals surface area contributed by atoms with Crippen molar-refractivity contribution >= 4 is 8.25 Å². The van der Waals surface area contributed by atoms with Gasteiger partial charge in [0.2, 0.25) is 0 Å². The van der Waals surface area contributed by atoms with Crippen molar-refractivity contribution in [1.82, 2.24) is 0 Å². The van der Waals surface area contributed by atoms with Crippen LogP contribution < -0.4 is 4.52 Å². The first-order valence-corrected chi connectivity index (χ1v) is 9.59. The molecule has 1 unspecified atom stereocenters. The summed E-state index contributed by atoms with van der Waals surface area (Å²) in [6.07, 6.45) is 3.10. The topological polar surface area (TPSA) is 35.5 Å². The van der Waals surface area contributed by atoms with Crippen LogP contribution in [0.3, 0.4) is 0 Å². The van der Waals surface area contributed by atoms with Crippen LogP contribution >= 0.6 is 8.25 Å². The summed E-state index contributed by atoms with van der Waals surface area (Å²) in [7, 11) is -2.15. The first-order valence-electron chi connectivity index (χ1n) is 8.49. The molecule has 0 amide bonds. The average Bonchev–Trinajstić information content (AvgIpc) is 2.41. The van der Waals surface area contributed by atoms with Crippen LogP contribution in [0.15, 0.2) is 18.2 Å². The Balaban J connectivity index is 3.04. The van der Waals surface area contributed by atoms with Gasteiger partial charge in [0.25, 0.3) is 0 Å². The minimum absolute atomic E-state index is 0.0883. The Morgan fingerprint density at radius 1 is 0.957 bits per heavy atom. The Bertz CT molecular complexity index is 492. The number of rotatable bonds is 7. The van der Waals surface area contributed by atoms with E-state index in [-0.39, 0.29) is 10.8 Å². The van der Waals surface area contributed by atoms with E-state index in [1.165, 1.54) is 0 Å². The average molecular weight is 339 g/mol. The second-order valence-electron chi connectivity index (χ2n) is 8.04. The molecule has 3 nitrogen and oxygen atoms in total. The molecule has 0 N–H and O–H groups in total. The first-order chi connectivity index (χ1) is 10.6. The second kappa shape index (κ2) is 8.26. The molecule has 1 atom stereocenters. The molecular formula is C19H32O3P+. The Morgan fingerprint density at radius 2 is 1.48 bits per heavy atom. The van der Waals surface area contributed by atoms with Crippen LogP contribution in [0.2, 0.25) is 0 Å². The molecular weight excluding hydrogens is 307 g/mol. The standard InChI is InChI=1S/C19H32O3P/c1-8-9-10-14-21-23(20)22-17-15(18(2,3)4)12-11-13-16(17)19(5,6)7/h11-13H,8-10,14H2,1-7H3/q+1. The third-order valence-corrected chi connectivity index (χ3v) is 4.47. The molecule has 0 aliphatic rings. The Kier molecular flexibility index (Phi) is 7.23. The molecule has 23 heavy (non-hydrogen) atoms. The highest BCUT2D eigenvalue weighted by Gasteiger charge is 2.33. The molecule has 1 rings (SSSR count). The van der Waals surface area contributed by atoms with E-state index < -0.39 is 8.25 Å². The van der Waals surface area contributed by atoms with Crippen molar-refractivity contribution in [2.75, 3.05) is 6.61 Å². The van der Waals surface area contributed by atoms with E-state index in [0.29, 0.717) is 12.4 Å². The smallest absolute Gasteiger partial charge is 0.229 e. The van der Waals surface area contributed by atoms with Crippen molar-refractivity contribution in [3.05, 3.63) is 29.3 Å². The fourth-order valence-electron chi connectivity index (χ4n) is 2.41. The van der Waals surface area contributed by atoms with Crippen LogP contribution in [0.4, 0.5) is 0 Å². The molecule has 0 bridgehead atoms. The summed E-state index contributed by atoms with van der Waals surface area (Å²) in [6, 6.07) is 6.14. The summed E-state index contributed by atoms with van der Waals surface area (Å²) in [5.41, 5.74) is 1.94. The van der Waals surface area contributed by atoms with Crippen LogP contribution in [0, 0.1) is 0 Å². The molecule has 0 spiro atoms. The molecule has 0 aromatic heterocycles. The maximum absolute atomic E-state index is 12.2. The summed E-state index contributed by atoms with van der Waals surface area (Å²) in [5, 5.41) is 0. The molecule has 0 heterocycles. The van der Waals surface area contributed by atoms with E-state index in [4.69, 9.17) is 9.05 Å². The van der Waals surface area contributed by atoms with Gasteiger partial charge < -0.3 is 0 Å². The molecule has 1 aromatic carbocycles. The van der Waals surface area contributed by atoms with Crippen molar-refractivity contribution in [2.24, 2.45) is 0 Å². The van der Waals surface area contributed by atoms with Gasteiger partial charge in [0.1, 0.15) is 6.61 Å². The predicted octanol–water partition coefficient (Wildman–Crippen LogP) is 6.52. The second-order valence-corrected chi connectivity index (χ2v) is 8.93. The summed E-state index contributed by atoms with van der Waals surface area (Å²) in [4.78, 5) is 0. The van der Waals surface area contributed by atoms with Gasteiger partial charge in [-0.25, -0.2) is 4.52 Å². The molecule has 0 saturated carbocycles. The number of unbranched alkanes of at least 4 members (excludes halogenated alkanes) is 2. The summed E-state index contributed by atoms with van der Waals surface area (Å²) >= 11 is 0. The van der Waals surface area contributed by atoms with Gasteiger partial charge >= 0.3 is 8.25 Å². The van der Waals surface area contributed by atoms with Gasteiger partial charge in [-0.3, -0.25) is 0 Å². The third kappa shape index (κ3) is 6.24. The Hall–Kier alpha value is -0.920. The van der Waals surface area contributed by atoms with E-state index in [9.17, 15) is 4.57 Å². The zero-order chi connectivity index (χ0) is 17.7. The minimum Gasteiger partial charge on any atom is -0.229 e. The van der Waals surface area contributed by atoms with Crippen LogP contribution in [0.1, 0.15) is 78.9 Å².